The molecule has 18 heavy (non-hydrogen) atoms. The van der Waals surface area contributed by atoms with Crippen molar-refractivity contribution in [2.75, 3.05) is 11.9 Å². The highest BCUT2D eigenvalue weighted by Crippen LogP contribution is 2.21. The Bertz CT molecular complexity index is 469. The van der Waals surface area contributed by atoms with Crippen LogP contribution in [0.25, 0.3) is 0 Å². The summed E-state index contributed by atoms with van der Waals surface area (Å²) < 4.78 is 5.80. The second-order valence-corrected chi connectivity index (χ2v) is 4.57. The van der Waals surface area contributed by atoms with Gasteiger partial charge in [-0.3, -0.25) is 0 Å². The van der Waals surface area contributed by atoms with Gasteiger partial charge in [-0.1, -0.05) is 22.9 Å². The normalized spacial score (nSPS) is 11.4. The fraction of sp³-hybridized carbons (Fsp3) is 0.385. The second-order valence-electron chi connectivity index (χ2n) is 3.66. The van der Waals surface area contributed by atoms with E-state index < -0.39 is 6.04 Å². The number of nitrogens with one attached hydrogen (secondary N) is 1. The number of hydrogen-bond donors (Lipinski definition) is 1. The molecule has 0 saturated heterocycles. The van der Waals surface area contributed by atoms with Crippen LogP contribution in [0, 0.1) is 11.3 Å². The van der Waals surface area contributed by atoms with Gasteiger partial charge in [0.25, 0.3) is 0 Å². The van der Waals surface area contributed by atoms with E-state index in [9.17, 15) is 4.79 Å². The molecule has 0 spiro atoms. The van der Waals surface area contributed by atoms with Crippen molar-refractivity contribution in [3.8, 4) is 6.07 Å². The maximum atomic E-state index is 11.7. The van der Waals surface area contributed by atoms with E-state index in [0.29, 0.717) is 24.3 Å². The highest BCUT2D eigenvalue weighted by atomic mass is 79.9. The predicted molar refractivity (Wildman–Crippen MR) is 73.2 cm³/mol. The van der Waals surface area contributed by atoms with Crippen LogP contribution in [-0.4, -0.2) is 18.6 Å². The monoisotopic (exact) mass is 310 g/mol. The summed E-state index contributed by atoms with van der Waals surface area (Å²) in [4.78, 5) is 11.7. The van der Waals surface area contributed by atoms with Gasteiger partial charge in [0.15, 0.2) is 0 Å². The molecule has 0 aliphatic heterocycles. The first-order valence-electron chi connectivity index (χ1n) is 5.75. The minimum atomic E-state index is -0.432. The lowest BCUT2D eigenvalue weighted by Gasteiger charge is -2.17. The average Bonchev–Trinajstić information content (AvgIpc) is 2.37. The maximum Gasteiger partial charge on any atom is 0.328 e. The van der Waals surface area contributed by atoms with Crippen LogP contribution in [0.5, 0.6) is 0 Å². The van der Waals surface area contributed by atoms with Gasteiger partial charge in [0, 0.05) is 4.47 Å². The Morgan fingerprint density at radius 1 is 1.56 bits per heavy atom. The van der Waals surface area contributed by atoms with Crippen molar-refractivity contribution >= 4 is 27.6 Å². The molecule has 5 heteroatoms. The molecule has 0 saturated carbocycles. The molecule has 1 N–H and O–H groups in total. The summed E-state index contributed by atoms with van der Waals surface area (Å²) >= 11 is 3.30. The fourth-order valence-electron chi connectivity index (χ4n) is 1.49. The van der Waals surface area contributed by atoms with Crippen LogP contribution in [-0.2, 0) is 9.53 Å². The lowest BCUT2D eigenvalue weighted by molar-refractivity contribution is -0.144. The Balaban J connectivity index is 2.89. The molecular formula is C13H15BrN2O2. The van der Waals surface area contributed by atoms with E-state index in [-0.39, 0.29) is 5.97 Å². The number of ether oxygens (including phenoxy) is 1. The van der Waals surface area contributed by atoms with Crippen molar-refractivity contribution in [2.24, 2.45) is 0 Å². The summed E-state index contributed by atoms with van der Waals surface area (Å²) in [5.41, 5.74) is 1.13. The van der Waals surface area contributed by atoms with E-state index in [1.54, 1.807) is 19.1 Å². The predicted octanol–water partition coefficient (Wildman–Crippen LogP) is 3.07. The van der Waals surface area contributed by atoms with Crippen LogP contribution in [0.1, 0.15) is 25.8 Å². The van der Waals surface area contributed by atoms with Crippen LogP contribution in [0.4, 0.5) is 5.69 Å². The smallest absolute Gasteiger partial charge is 0.328 e. The largest absolute Gasteiger partial charge is 0.464 e. The van der Waals surface area contributed by atoms with Gasteiger partial charge < -0.3 is 10.1 Å². The van der Waals surface area contributed by atoms with Gasteiger partial charge in [-0.15, -0.1) is 0 Å². The third-order valence-electron chi connectivity index (χ3n) is 2.41. The zero-order chi connectivity index (χ0) is 13.5. The van der Waals surface area contributed by atoms with Crippen molar-refractivity contribution in [1.29, 1.82) is 5.26 Å². The molecule has 96 valence electrons. The number of benzene rings is 1. The molecule has 1 aromatic rings. The lowest BCUT2D eigenvalue weighted by atomic mass is 10.1. The van der Waals surface area contributed by atoms with Crippen LogP contribution in [0.3, 0.4) is 0 Å². The Hall–Kier alpha value is -1.54. The summed E-state index contributed by atoms with van der Waals surface area (Å²) in [6.07, 6.45) is 0.597. The van der Waals surface area contributed by atoms with Crippen LogP contribution in [0.2, 0.25) is 0 Å². The molecule has 0 bridgehead atoms. The zero-order valence-corrected chi connectivity index (χ0v) is 12.0. The molecule has 0 heterocycles. The number of esters is 1. The number of halogens is 1. The van der Waals surface area contributed by atoms with Crippen molar-refractivity contribution in [2.45, 2.75) is 26.3 Å². The van der Waals surface area contributed by atoms with Crippen molar-refractivity contribution in [1.82, 2.24) is 0 Å². The molecule has 0 fully saturated rings. The van der Waals surface area contributed by atoms with Crippen LogP contribution >= 0.6 is 15.9 Å². The number of rotatable bonds is 5. The first kappa shape index (κ1) is 14.5. The first-order chi connectivity index (χ1) is 8.62. The number of anilines is 1. The lowest BCUT2D eigenvalue weighted by Crippen LogP contribution is -2.31. The van der Waals surface area contributed by atoms with Crippen LogP contribution < -0.4 is 5.32 Å². The molecule has 1 rings (SSSR count). The van der Waals surface area contributed by atoms with Gasteiger partial charge in [0.1, 0.15) is 12.1 Å². The quantitative estimate of drug-likeness (QED) is 0.849. The molecular weight excluding hydrogens is 296 g/mol. The summed E-state index contributed by atoms with van der Waals surface area (Å²) in [6.45, 7) is 4.01. The van der Waals surface area contributed by atoms with E-state index in [4.69, 9.17) is 10.00 Å². The van der Waals surface area contributed by atoms with Gasteiger partial charge in [0.2, 0.25) is 0 Å². The molecule has 4 nitrogen and oxygen atoms in total. The van der Waals surface area contributed by atoms with Crippen molar-refractivity contribution in [3.05, 3.63) is 28.2 Å². The molecule has 1 aromatic carbocycles. The number of nitriles is 1. The van der Waals surface area contributed by atoms with Crippen molar-refractivity contribution in [3.63, 3.8) is 0 Å². The Morgan fingerprint density at radius 2 is 2.28 bits per heavy atom. The molecule has 0 amide bonds. The van der Waals surface area contributed by atoms with Gasteiger partial charge >= 0.3 is 5.97 Å². The third kappa shape index (κ3) is 3.74. The van der Waals surface area contributed by atoms with Gasteiger partial charge in [-0.2, -0.15) is 5.26 Å². The summed E-state index contributed by atoms with van der Waals surface area (Å²) in [7, 11) is 0. The number of carbonyl (C=O) groups is 1. The highest BCUT2D eigenvalue weighted by molar-refractivity contribution is 9.10. The molecule has 1 atom stereocenters. The van der Waals surface area contributed by atoms with Crippen molar-refractivity contribution < 1.29 is 9.53 Å². The van der Waals surface area contributed by atoms with E-state index in [0.717, 1.165) is 4.47 Å². The van der Waals surface area contributed by atoms with E-state index >= 15 is 0 Å². The Kier molecular flexibility index (Phi) is 5.66. The summed E-state index contributed by atoms with van der Waals surface area (Å²) in [6, 6.07) is 6.96. The third-order valence-corrected chi connectivity index (χ3v) is 2.90. The summed E-state index contributed by atoms with van der Waals surface area (Å²) in [5.74, 6) is -0.299. The fourth-order valence-corrected chi connectivity index (χ4v) is 1.85. The van der Waals surface area contributed by atoms with Crippen LogP contribution in [0.15, 0.2) is 22.7 Å². The van der Waals surface area contributed by atoms with E-state index in [1.165, 1.54) is 0 Å². The molecule has 0 aliphatic carbocycles. The number of carbonyl (C=O) groups excluding carboxylic acids is 1. The van der Waals surface area contributed by atoms with E-state index in [1.807, 2.05) is 13.0 Å². The maximum absolute atomic E-state index is 11.7. The molecule has 0 aliphatic rings. The molecule has 1 unspecified atom stereocenters. The minimum Gasteiger partial charge on any atom is -0.464 e. The zero-order valence-electron chi connectivity index (χ0n) is 10.4. The Morgan fingerprint density at radius 3 is 2.83 bits per heavy atom. The Labute approximate surface area is 115 Å². The standard InChI is InChI=1S/C13H15BrN2O2/c1-3-11(13(17)18-4-2)16-12-6-5-10(14)7-9(12)8-15/h5-7,11,16H,3-4H2,1-2H3. The topological polar surface area (TPSA) is 62.1 Å². The number of hydrogen-bond acceptors (Lipinski definition) is 4. The van der Waals surface area contributed by atoms with Gasteiger partial charge in [-0.05, 0) is 31.5 Å². The minimum absolute atomic E-state index is 0.299. The molecule has 0 radical (unpaired) electrons. The second kappa shape index (κ2) is 7.02. The number of nitrogens with zero attached hydrogens (tertiary/aromatic N) is 1. The first-order valence-corrected chi connectivity index (χ1v) is 6.54. The summed E-state index contributed by atoms with van der Waals surface area (Å²) in [5, 5.41) is 12.1. The van der Waals surface area contributed by atoms with E-state index in [2.05, 4.69) is 27.3 Å². The average molecular weight is 311 g/mol. The molecule has 0 aromatic heterocycles. The van der Waals surface area contributed by atoms with Gasteiger partial charge in [-0.25, -0.2) is 4.79 Å². The van der Waals surface area contributed by atoms with Gasteiger partial charge in [0.05, 0.1) is 17.9 Å². The SMILES string of the molecule is CCOC(=O)C(CC)Nc1ccc(Br)cc1C#N. The highest BCUT2D eigenvalue weighted by Gasteiger charge is 2.18.